The van der Waals surface area contributed by atoms with Gasteiger partial charge >= 0.3 is 0 Å². The minimum Gasteiger partial charge on any atom is -0.459 e. The van der Waals surface area contributed by atoms with Crippen LogP contribution in [0.3, 0.4) is 0 Å². The van der Waals surface area contributed by atoms with Crippen LogP contribution in [0.5, 0.6) is 0 Å². The van der Waals surface area contributed by atoms with Gasteiger partial charge in [0, 0.05) is 6.42 Å². The first kappa shape index (κ1) is 10.2. The normalized spacial score (nSPS) is 25.5. The van der Waals surface area contributed by atoms with E-state index in [1.165, 1.54) is 0 Å². The van der Waals surface area contributed by atoms with Gasteiger partial charge in [-0.05, 0) is 38.0 Å². The third-order valence-corrected chi connectivity index (χ3v) is 2.52. The van der Waals surface area contributed by atoms with Crippen LogP contribution in [0.15, 0.2) is 47.5 Å². The quantitative estimate of drug-likeness (QED) is 0.667. The second kappa shape index (κ2) is 4.47. The van der Waals surface area contributed by atoms with Crippen molar-refractivity contribution < 1.29 is 9.13 Å². The molecule has 0 bridgehead atoms. The summed E-state index contributed by atoms with van der Waals surface area (Å²) in [7, 11) is 0. The molecule has 0 saturated heterocycles. The van der Waals surface area contributed by atoms with Crippen molar-refractivity contribution >= 4 is 0 Å². The van der Waals surface area contributed by atoms with Gasteiger partial charge in [0.2, 0.25) is 0 Å². The van der Waals surface area contributed by atoms with Crippen molar-refractivity contribution in [2.45, 2.75) is 32.4 Å². The van der Waals surface area contributed by atoms with Crippen molar-refractivity contribution in [1.82, 2.24) is 0 Å². The van der Waals surface area contributed by atoms with Crippen molar-refractivity contribution in [3.05, 3.63) is 47.5 Å². The molecule has 80 valence electrons. The van der Waals surface area contributed by atoms with Gasteiger partial charge in [0.05, 0.1) is 0 Å². The summed E-state index contributed by atoms with van der Waals surface area (Å²) in [5.74, 6) is 1.21. The zero-order valence-corrected chi connectivity index (χ0v) is 8.87. The first-order valence-electron chi connectivity index (χ1n) is 5.32. The van der Waals surface area contributed by atoms with Crippen molar-refractivity contribution in [3.8, 4) is 0 Å². The predicted molar refractivity (Wildman–Crippen MR) is 58.9 cm³/mol. The van der Waals surface area contributed by atoms with E-state index in [-0.39, 0.29) is 0 Å². The molecule has 0 heterocycles. The summed E-state index contributed by atoms with van der Waals surface area (Å²) in [6, 6.07) is 0. The lowest BCUT2D eigenvalue weighted by Gasteiger charge is -2.18. The van der Waals surface area contributed by atoms with Gasteiger partial charge < -0.3 is 4.74 Å². The Morgan fingerprint density at radius 1 is 1.33 bits per heavy atom. The van der Waals surface area contributed by atoms with Gasteiger partial charge in [-0.1, -0.05) is 17.7 Å². The SMILES string of the molecule is CC1=CCC(F)C(OC2=CCCC=C2)=C1. The molecule has 0 aromatic heterocycles. The topological polar surface area (TPSA) is 9.23 Å². The first-order valence-corrected chi connectivity index (χ1v) is 5.32. The Morgan fingerprint density at radius 3 is 2.93 bits per heavy atom. The van der Waals surface area contributed by atoms with Crippen LogP contribution < -0.4 is 0 Å². The van der Waals surface area contributed by atoms with Crippen molar-refractivity contribution in [1.29, 1.82) is 0 Å². The number of allylic oxidation sites excluding steroid dienone is 7. The highest BCUT2D eigenvalue weighted by Gasteiger charge is 2.18. The molecule has 2 aliphatic carbocycles. The van der Waals surface area contributed by atoms with Crippen LogP contribution in [-0.4, -0.2) is 6.17 Å². The molecule has 15 heavy (non-hydrogen) atoms. The third-order valence-electron chi connectivity index (χ3n) is 2.52. The lowest BCUT2D eigenvalue weighted by molar-refractivity contribution is 0.218. The maximum absolute atomic E-state index is 13.5. The van der Waals surface area contributed by atoms with E-state index in [9.17, 15) is 4.39 Å². The molecule has 0 aromatic rings. The summed E-state index contributed by atoms with van der Waals surface area (Å²) < 4.78 is 19.0. The summed E-state index contributed by atoms with van der Waals surface area (Å²) in [5, 5.41) is 0. The zero-order chi connectivity index (χ0) is 10.7. The second-order valence-electron chi connectivity index (χ2n) is 3.89. The Morgan fingerprint density at radius 2 is 2.20 bits per heavy atom. The zero-order valence-electron chi connectivity index (χ0n) is 8.87. The Balaban J connectivity index is 2.07. The van der Waals surface area contributed by atoms with Crippen molar-refractivity contribution in [2.75, 3.05) is 0 Å². The fraction of sp³-hybridized carbons (Fsp3) is 0.385. The number of rotatable bonds is 2. The number of halogens is 1. The molecule has 0 spiro atoms. The van der Waals surface area contributed by atoms with Crippen LogP contribution in [0.4, 0.5) is 4.39 Å². The van der Waals surface area contributed by atoms with Gasteiger partial charge in [0.25, 0.3) is 0 Å². The second-order valence-corrected chi connectivity index (χ2v) is 3.89. The van der Waals surface area contributed by atoms with Gasteiger partial charge in [0.1, 0.15) is 11.5 Å². The lowest BCUT2D eigenvalue weighted by Crippen LogP contribution is -2.10. The van der Waals surface area contributed by atoms with E-state index in [1.807, 2.05) is 25.2 Å². The molecular formula is C13H15FO. The third kappa shape index (κ3) is 2.58. The molecule has 0 aliphatic heterocycles. The molecule has 1 nitrogen and oxygen atoms in total. The van der Waals surface area contributed by atoms with Gasteiger partial charge in [-0.25, -0.2) is 4.39 Å². The molecule has 0 aromatic carbocycles. The standard InChI is InChI=1S/C13H15FO/c1-10-7-8-12(14)13(9-10)15-11-5-3-2-4-6-11/h3,5-7,9,12H,2,4,8H2,1H3. The first-order chi connectivity index (χ1) is 7.25. The molecule has 0 radical (unpaired) electrons. The van der Waals surface area contributed by atoms with E-state index in [0.29, 0.717) is 12.2 Å². The number of ether oxygens (including phenoxy) is 1. The Bertz CT molecular complexity index is 361. The average Bonchev–Trinajstić information content (AvgIpc) is 2.25. The Hall–Kier alpha value is -1.31. The van der Waals surface area contributed by atoms with E-state index in [0.717, 1.165) is 24.2 Å². The monoisotopic (exact) mass is 206 g/mol. The smallest absolute Gasteiger partial charge is 0.161 e. The molecule has 2 aliphatic rings. The molecule has 1 atom stereocenters. The molecular weight excluding hydrogens is 191 g/mol. The minimum absolute atomic E-state index is 0.425. The summed E-state index contributed by atoms with van der Waals surface area (Å²) in [6.45, 7) is 1.96. The minimum atomic E-state index is -0.995. The lowest BCUT2D eigenvalue weighted by atomic mass is 10.1. The summed E-state index contributed by atoms with van der Waals surface area (Å²) in [6.07, 6.45) is 11.1. The van der Waals surface area contributed by atoms with E-state index in [4.69, 9.17) is 4.74 Å². The number of alkyl halides is 1. The van der Waals surface area contributed by atoms with Crippen LogP contribution in [0.25, 0.3) is 0 Å². The highest BCUT2D eigenvalue weighted by Crippen LogP contribution is 2.25. The van der Waals surface area contributed by atoms with E-state index in [2.05, 4.69) is 6.08 Å². The molecule has 2 rings (SSSR count). The molecule has 0 N–H and O–H groups in total. The summed E-state index contributed by atoms with van der Waals surface area (Å²) >= 11 is 0. The largest absolute Gasteiger partial charge is 0.459 e. The Labute approximate surface area is 89.6 Å². The van der Waals surface area contributed by atoms with E-state index >= 15 is 0 Å². The molecule has 0 amide bonds. The summed E-state index contributed by atoms with van der Waals surface area (Å²) in [5.41, 5.74) is 1.07. The predicted octanol–water partition coefficient (Wildman–Crippen LogP) is 3.81. The van der Waals surface area contributed by atoms with Gasteiger partial charge in [-0.15, -0.1) is 0 Å². The van der Waals surface area contributed by atoms with Gasteiger partial charge in [0.15, 0.2) is 6.17 Å². The van der Waals surface area contributed by atoms with Gasteiger partial charge in [-0.3, -0.25) is 0 Å². The fourth-order valence-electron chi connectivity index (χ4n) is 1.67. The number of hydrogen-bond donors (Lipinski definition) is 0. The average molecular weight is 206 g/mol. The van der Waals surface area contributed by atoms with Gasteiger partial charge in [-0.2, -0.15) is 0 Å². The fourth-order valence-corrected chi connectivity index (χ4v) is 1.67. The summed E-state index contributed by atoms with van der Waals surface area (Å²) in [4.78, 5) is 0. The molecule has 0 fully saturated rings. The highest BCUT2D eigenvalue weighted by atomic mass is 19.1. The van der Waals surface area contributed by atoms with Crippen LogP contribution in [0.2, 0.25) is 0 Å². The molecule has 1 unspecified atom stereocenters. The van der Waals surface area contributed by atoms with E-state index < -0.39 is 6.17 Å². The Kier molecular flexibility index (Phi) is 3.05. The maximum Gasteiger partial charge on any atom is 0.161 e. The van der Waals surface area contributed by atoms with Crippen molar-refractivity contribution in [2.24, 2.45) is 0 Å². The molecule has 2 heteroatoms. The highest BCUT2D eigenvalue weighted by molar-refractivity contribution is 5.28. The van der Waals surface area contributed by atoms with Crippen LogP contribution in [0, 0.1) is 0 Å². The molecule has 0 saturated carbocycles. The van der Waals surface area contributed by atoms with Crippen LogP contribution in [0.1, 0.15) is 26.2 Å². The van der Waals surface area contributed by atoms with Crippen LogP contribution >= 0.6 is 0 Å². The maximum atomic E-state index is 13.5. The van der Waals surface area contributed by atoms with Crippen LogP contribution in [-0.2, 0) is 4.74 Å². The van der Waals surface area contributed by atoms with E-state index in [1.54, 1.807) is 6.08 Å². The van der Waals surface area contributed by atoms with Crippen molar-refractivity contribution in [3.63, 3.8) is 0 Å². The number of hydrogen-bond acceptors (Lipinski definition) is 1.